The minimum Gasteiger partial charge on any atom is -0.485 e. The highest BCUT2D eigenvalue weighted by Gasteiger charge is 2.32. The highest BCUT2D eigenvalue weighted by molar-refractivity contribution is 7.90. The van der Waals surface area contributed by atoms with Gasteiger partial charge in [0.25, 0.3) is 5.91 Å². The summed E-state index contributed by atoms with van der Waals surface area (Å²) >= 11 is 1.31. The number of fused-ring (bicyclic) bond motifs is 1. The lowest BCUT2D eigenvalue weighted by Crippen LogP contribution is -2.46. The molecule has 0 saturated carbocycles. The Hall–Kier alpha value is -3.17. The highest BCUT2D eigenvalue weighted by Crippen LogP contribution is 2.33. The van der Waals surface area contributed by atoms with Gasteiger partial charge in [0.15, 0.2) is 26.5 Å². The zero-order valence-corrected chi connectivity index (χ0v) is 18.4. The SMILES string of the molecule is C=CCN(C(=O)[C@H]1COc2ccccc2O1)c1nc(-c2ccc(S(C)(=O)=O)cc2)cs1. The molecule has 160 valence electrons. The van der Waals surface area contributed by atoms with E-state index >= 15 is 0 Å². The molecule has 1 aliphatic rings. The number of hydrogen-bond acceptors (Lipinski definition) is 7. The number of ether oxygens (including phenoxy) is 2. The second kappa shape index (κ2) is 8.52. The zero-order valence-electron chi connectivity index (χ0n) is 16.7. The van der Waals surface area contributed by atoms with Crippen LogP contribution in [0.5, 0.6) is 11.5 Å². The van der Waals surface area contributed by atoms with Crippen molar-refractivity contribution in [2.24, 2.45) is 0 Å². The van der Waals surface area contributed by atoms with Crippen LogP contribution in [-0.4, -0.2) is 44.8 Å². The van der Waals surface area contributed by atoms with Crippen molar-refractivity contribution < 1.29 is 22.7 Å². The van der Waals surface area contributed by atoms with Gasteiger partial charge in [-0.2, -0.15) is 0 Å². The van der Waals surface area contributed by atoms with E-state index in [0.717, 1.165) is 11.8 Å². The topological polar surface area (TPSA) is 85.8 Å². The molecular weight excluding hydrogens is 436 g/mol. The fraction of sp³-hybridized carbons (Fsp3) is 0.182. The average Bonchev–Trinajstić information content (AvgIpc) is 3.26. The van der Waals surface area contributed by atoms with Crippen molar-refractivity contribution in [2.45, 2.75) is 11.0 Å². The van der Waals surface area contributed by atoms with Gasteiger partial charge in [0.05, 0.1) is 10.6 Å². The molecule has 0 aliphatic carbocycles. The van der Waals surface area contributed by atoms with Crippen LogP contribution in [0.2, 0.25) is 0 Å². The molecule has 1 atom stereocenters. The third-order valence-electron chi connectivity index (χ3n) is 4.66. The molecule has 3 aromatic rings. The molecule has 2 heterocycles. The maximum Gasteiger partial charge on any atom is 0.273 e. The number of nitrogens with zero attached hydrogens (tertiary/aromatic N) is 2. The van der Waals surface area contributed by atoms with Gasteiger partial charge in [0.1, 0.15) is 6.61 Å². The number of carbonyl (C=O) groups is 1. The summed E-state index contributed by atoms with van der Waals surface area (Å²) in [5.74, 6) is 0.857. The van der Waals surface area contributed by atoms with E-state index in [9.17, 15) is 13.2 Å². The van der Waals surface area contributed by atoms with Crippen molar-refractivity contribution in [2.75, 3.05) is 24.3 Å². The number of anilines is 1. The van der Waals surface area contributed by atoms with E-state index in [1.54, 1.807) is 42.5 Å². The molecule has 1 amide bonds. The van der Waals surface area contributed by atoms with Crippen molar-refractivity contribution in [3.8, 4) is 22.8 Å². The maximum atomic E-state index is 13.2. The third-order valence-corrected chi connectivity index (χ3v) is 6.66. The number of hydrogen-bond donors (Lipinski definition) is 0. The molecule has 0 unspecified atom stereocenters. The van der Waals surface area contributed by atoms with E-state index < -0.39 is 15.9 Å². The second-order valence-corrected chi connectivity index (χ2v) is 9.77. The lowest BCUT2D eigenvalue weighted by Gasteiger charge is -2.29. The Labute approximate surface area is 184 Å². The first-order valence-corrected chi connectivity index (χ1v) is 12.2. The Morgan fingerprint density at radius 3 is 2.61 bits per heavy atom. The highest BCUT2D eigenvalue weighted by atomic mass is 32.2. The number of para-hydroxylation sites is 2. The van der Waals surface area contributed by atoms with E-state index in [1.165, 1.54) is 16.2 Å². The molecule has 4 rings (SSSR count). The molecule has 2 aromatic carbocycles. The summed E-state index contributed by atoms with van der Waals surface area (Å²) < 4.78 is 34.8. The van der Waals surface area contributed by atoms with Crippen LogP contribution in [0.3, 0.4) is 0 Å². The van der Waals surface area contributed by atoms with Crippen LogP contribution >= 0.6 is 11.3 Å². The van der Waals surface area contributed by atoms with Gasteiger partial charge in [-0.25, -0.2) is 13.4 Å². The molecule has 7 nitrogen and oxygen atoms in total. The van der Waals surface area contributed by atoms with Crippen LogP contribution in [0.1, 0.15) is 0 Å². The lowest BCUT2D eigenvalue weighted by atomic mass is 10.2. The molecular formula is C22H20N2O5S2. The Bertz CT molecular complexity index is 1220. The van der Waals surface area contributed by atoms with Crippen LogP contribution in [0.25, 0.3) is 11.3 Å². The molecule has 9 heteroatoms. The quantitative estimate of drug-likeness (QED) is 0.527. The Balaban J connectivity index is 1.56. The van der Waals surface area contributed by atoms with Crippen molar-refractivity contribution in [3.05, 3.63) is 66.6 Å². The Morgan fingerprint density at radius 1 is 1.23 bits per heavy atom. The Kier molecular flexibility index (Phi) is 5.79. The average molecular weight is 457 g/mol. The summed E-state index contributed by atoms with van der Waals surface area (Å²) in [5.41, 5.74) is 1.40. The molecule has 0 radical (unpaired) electrons. The van der Waals surface area contributed by atoms with Crippen molar-refractivity contribution in [1.29, 1.82) is 0 Å². The molecule has 0 spiro atoms. The van der Waals surface area contributed by atoms with Gasteiger partial charge in [0, 0.05) is 23.7 Å². The molecule has 0 bridgehead atoms. The molecule has 0 saturated heterocycles. The van der Waals surface area contributed by atoms with E-state index in [-0.39, 0.29) is 24.0 Å². The number of benzene rings is 2. The van der Waals surface area contributed by atoms with Gasteiger partial charge >= 0.3 is 0 Å². The van der Waals surface area contributed by atoms with Crippen LogP contribution in [0.4, 0.5) is 5.13 Å². The Morgan fingerprint density at radius 2 is 1.94 bits per heavy atom. The molecule has 0 fully saturated rings. The number of aromatic nitrogens is 1. The van der Waals surface area contributed by atoms with Gasteiger partial charge < -0.3 is 9.47 Å². The van der Waals surface area contributed by atoms with E-state index in [4.69, 9.17) is 9.47 Å². The zero-order chi connectivity index (χ0) is 22.0. The molecule has 31 heavy (non-hydrogen) atoms. The number of carbonyl (C=O) groups excluding carboxylic acids is 1. The molecule has 1 aliphatic heterocycles. The first-order chi connectivity index (χ1) is 14.9. The standard InChI is InChI=1S/C22H20N2O5S2/c1-3-12-24(21(25)20-13-28-18-6-4-5-7-19(18)29-20)22-23-17(14-30-22)15-8-10-16(11-9-15)31(2,26)27/h3-11,14,20H,1,12-13H2,2H3/t20-/m1/s1. The summed E-state index contributed by atoms with van der Waals surface area (Å²) in [6.45, 7) is 4.11. The normalized spacial score (nSPS) is 15.3. The summed E-state index contributed by atoms with van der Waals surface area (Å²) in [7, 11) is -3.27. The molecule has 0 N–H and O–H groups in total. The largest absolute Gasteiger partial charge is 0.485 e. The van der Waals surface area contributed by atoms with E-state index in [1.807, 2.05) is 17.5 Å². The van der Waals surface area contributed by atoms with Crippen LogP contribution in [0, 0.1) is 0 Å². The fourth-order valence-corrected chi connectivity index (χ4v) is 4.58. The summed E-state index contributed by atoms with van der Waals surface area (Å²) in [6, 6.07) is 13.7. The minimum absolute atomic E-state index is 0.106. The first kappa shape index (κ1) is 21.1. The number of thiazole rings is 1. The first-order valence-electron chi connectivity index (χ1n) is 9.43. The molecule has 1 aromatic heterocycles. The van der Waals surface area contributed by atoms with Crippen LogP contribution in [0.15, 0.2) is 71.5 Å². The lowest BCUT2D eigenvalue weighted by molar-refractivity contribution is -0.127. The third kappa shape index (κ3) is 4.47. The van der Waals surface area contributed by atoms with Crippen LogP contribution in [-0.2, 0) is 14.6 Å². The van der Waals surface area contributed by atoms with Crippen molar-refractivity contribution >= 4 is 32.2 Å². The number of amides is 1. The predicted octanol–water partition coefficient (Wildman–Crippen LogP) is 3.57. The van der Waals surface area contributed by atoms with Crippen molar-refractivity contribution in [1.82, 2.24) is 4.98 Å². The monoisotopic (exact) mass is 456 g/mol. The van der Waals surface area contributed by atoms with Crippen LogP contribution < -0.4 is 14.4 Å². The summed E-state index contributed by atoms with van der Waals surface area (Å²) in [6.07, 6.45) is 1.99. The van der Waals surface area contributed by atoms with Gasteiger partial charge in [-0.05, 0) is 24.3 Å². The van der Waals surface area contributed by atoms with Gasteiger partial charge in [-0.15, -0.1) is 17.9 Å². The number of sulfone groups is 1. The smallest absolute Gasteiger partial charge is 0.273 e. The van der Waals surface area contributed by atoms with Crippen molar-refractivity contribution in [3.63, 3.8) is 0 Å². The maximum absolute atomic E-state index is 13.2. The minimum atomic E-state index is -3.27. The van der Waals surface area contributed by atoms with Gasteiger partial charge in [-0.1, -0.05) is 30.3 Å². The van der Waals surface area contributed by atoms with Gasteiger partial charge in [0.2, 0.25) is 6.10 Å². The summed E-state index contributed by atoms with van der Waals surface area (Å²) in [5, 5.41) is 2.32. The van der Waals surface area contributed by atoms with E-state index in [2.05, 4.69) is 11.6 Å². The van der Waals surface area contributed by atoms with Gasteiger partial charge in [-0.3, -0.25) is 9.69 Å². The fourth-order valence-electron chi connectivity index (χ4n) is 3.10. The predicted molar refractivity (Wildman–Crippen MR) is 120 cm³/mol. The summed E-state index contributed by atoms with van der Waals surface area (Å²) in [4.78, 5) is 19.5. The second-order valence-electron chi connectivity index (χ2n) is 6.91. The number of rotatable bonds is 6. The van der Waals surface area contributed by atoms with E-state index in [0.29, 0.717) is 22.3 Å².